The van der Waals surface area contributed by atoms with Crippen LogP contribution in [0.4, 0.5) is 5.82 Å². The summed E-state index contributed by atoms with van der Waals surface area (Å²) in [5.41, 5.74) is 4.36. The molecule has 7 heteroatoms. The molecule has 0 saturated carbocycles. The number of nitrogens with two attached hydrogens (primary N) is 1. The minimum atomic E-state index is -0.620. The van der Waals surface area contributed by atoms with Crippen molar-refractivity contribution in [1.82, 2.24) is 15.2 Å². The Bertz CT molecular complexity index is 410. The smallest absolute Gasteiger partial charge is 0.342 e. The average molecular weight is 213 g/mol. The van der Waals surface area contributed by atoms with E-state index in [0.717, 1.165) is 12.8 Å². The number of nitrogens with one attached hydrogen (secondary N) is 3. The molecule has 0 radical (unpaired) electrons. The number of aromatic nitrogens is 3. The normalized spacial score (nSPS) is 12.4. The van der Waals surface area contributed by atoms with E-state index >= 15 is 0 Å². The van der Waals surface area contributed by atoms with Gasteiger partial charge in [-0.25, -0.2) is 9.89 Å². The van der Waals surface area contributed by atoms with Crippen LogP contribution in [-0.2, 0) is 0 Å². The summed E-state index contributed by atoms with van der Waals surface area (Å²) in [6.45, 7) is 2.43. The van der Waals surface area contributed by atoms with E-state index in [2.05, 4.69) is 20.5 Å². The monoisotopic (exact) mass is 213 g/mol. The highest BCUT2D eigenvalue weighted by atomic mass is 16.2. The predicted octanol–water partition coefficient (Wildman–Crippen LogP) is -1.00. The van der Waals surface area contributed by atoms with E-state index in [9.17, 15) is 9.59 Å². The number of H-pyrrole nitrogens is 2. The molecule has 1 atom stereocenters. The van der Waals surface area contributed by atoms with E-state index in [4.69, 9.17) is 5.73 Å². The van der Waals surface area contributed by atoms with Crippen LogP contribution >= 0.6 is 0 Å². The Morgan fingerprint density at radius 3 is 2.80 bits per heavy atom. The second-order valence-electron chi connectivity index (χ2n) is 3.22. The number of aromatic amines is 2. The lowest BCUT2D eigenvalue weighted by molar-refractivity contribution is 0.641. The Balaban J connectivity index is 2.79. The van der Waals surface area contributed by atoms with Crippen molar-refractivity contribution in [2.75, 3.05) is 11.9 Å². The first-order valence-corrected chi connectivity index (χ1v) is 4.83. The first-order chi connectivity index (χ1) is 7.17. The van der Waals surface area contributed by atoms with Crippen molar-refractivity contribution in [2.24, 2.45) is 5.73 Å². The van der Waals surface area contributed by atoms with Crippen LogP contribution < -0.4 is 22.3 Å². The molecule has 5 N–H and O–H groups in total. The summed E-state index contributed by atoms with van der Waals surface area (Å²) < 4.78 is 0. The van der Waals surface area contributed by atoms with Gasteiger partial charge in [-0.1, -0.05) is 13.3 Å². The Morgan fingerprint density at radius 1 is 1.53 bits per heavy atom. The molecule has 0 fully saturated rings. The molecule has 84 valence electrons. The van der Waals surface area contributed by atoms with E-state index in [0.29, 0.717) is 6.54 Å². The lowest BCUT2D eigenvalue weighted by Crippen LogP contribution is -2.34. The van der Waals surface area contributed by atoms with Crippen LogP contribution in [-0.4, -0.2) is 27.8 Å². The van der Waals surface area contributed by atoms with Gasteiger partial charge < -0.3 is 11.1 Å². The molecule has 1 heterocycles. The molecule has 0 saturated heterocycles. The quantitative estimate of drug-likeness (QED) is 0.500. The number of anilines is 1. The Labute approximate surface area is 86.1 Å². The lowest BCUT2D eigenvalue weighted by Gasteiger charge is -2.14. The minimum Gasteiger partial charge on any atom is -0.360 e. The number of nitrogens with zero attached hydrogens (tertiary/aromatic N) is 1. The third kappa shape index (κ3) is 3.21. The van der Waals surface area contributed by atoms with Crippen LogP contribution in [0.1, 0.15) is 19.8 Å². The zero-order valence-corrected chi connectivity index (χ0v) is 8.54. The Kier molecular flexibility index (Phi) is 4.04. The molecule has 0 aliphatic heterocycles. The minimum absolute atomic E-state index is 0.00509. The highest BCUT2D eigenvalue weighted by Crippen LogP contribution is 2.00. The van der Waals surface area contributed by atoms with Gasteiger partial charge in [-0.15, -0.1) is 5.10 Å². The number of hydrogen-bond donors (Lipinski definition) is 4. The van der Waals surface area contributed by atoms with Crippen molar-refractivity contribution in [3.8, 4) is 0 Å². The van der Waals surface area contributed by atoms with Crippen LogP contribution in [0.5, 0.6) is 0 Å². The maximum absolute atomic E-state index is 11.3. The zero-order chi connectivity index (χ0) is 11.3. The maximum Gasteiger partial charge on any atom is 0.342 e. The van der Waals surface area contributed by atoms with Gasteiger partial charge in [0.2, 0.25) is 5.82 Å². The van der Waals surface area contributed by atoms with Crippen LogP contribution in [0.2, 0.25) is 0 Å². The second kappa shape index (κ2) is 5.30. The van der Waals surface area contributed by atoms with Crippen LogP contribution in [0.25, 0.3) is 0 Å². The molecule has 0 bridgehead atoms. The van der Waals surface area contributed by atoms with Gasteiger partial charge >= 0.3 is 5.69 Å². The first kappa shape index (κ1) is 11.4. The molecular formula is C8H15N5O2. The van der Waals surface area contributed by atoms with Gasteiger partial charge in [0.1, 0.15) is 0 Å². The average Bonchev–Trinajstić information content (AvgIpc) is 2.21. The molecule has 15 heavy (non-hydrogen) atoms. The SMILES string of the molecule is CCCC(CN)Nc1n[nH]c(=O)[nH]c1=O. The van der Waals surface area contributed by atoms with Crippen LogP contribution in [0.15, 0.2) is 9.59 Å². The van der Waals surface area contributed by atoms with Crippen molar-refractivity contribution < 1.29 is 0 Å². The first-order valence-electron chi connectivity index (χ1n) is 4.83. The molecule has 0 spiro atoms. The molecule has 1 aromatic heterocycles. The van der Waals surface area contributed by atoms with Gasteiger partial charge in [0.15, 0.2) is 0 Å². The Hall–Kier alpha value is -1.63. The number of rotatable bonds is 5. The topological polar surface area (TPSA) is 117 Å². The largest absolute Gasteiger partial charge is 0.360 e. The van der Waals surface area contributed by atoms with E-state index in [1.807, 2.05) is 6.92 Å². The summed E-state index contributed by atoms with van der Waals surface area (Å²) in [7, 11) is 0. The highest BCUT2D eigenvalue weighted by molar-refractivity contribution is 5.30. The van der Waals surface area contributed by atoms with Gasteiger partial charge in [-0.05, 0) is 6.42 Å². The summed E-state index contributed by atoms with van der Waals surface area (Å²) in [4.78, 5) is 24.0. The predicted molar refractivity (Wildman–Crippen MR) is 56.9 cm³/mol. The molecule has 7 nitrogen and oxygen atoms in total. The summed E-state index contributed by atoms with van der Waals surface area (Å²) in [6.07, 6.45) is 1.80. The van der Waals surface area contributed by atoms with Crippen LogP contribution in [0.3, 0.4) is 0 Å². The van der Waals surface area contributed by atoms with Gasteiger partial charge in [-0.2, -0.15) is 0 Å². The fourth-order valence-corrected chi connectivity index (χ4v) is 1.24. The van der Waals surface area contributed by atoms with E-state index in [1.54, 1.807) is 0 Å². The van der Waals surface area contributed by atoms with Gasteiger partial charge in [0, 0.05) is 12.6 Å². The third-order valence-electron chi connectivity index (χ3n) is 1.97. The lowest BCUT2D eigenvalue weighted by atomic mass is 10.2. The molecular weight excluding hydrogens is 198 g/mol. The molecule has 0 amide bonds. The van der Waals surface area contributed by atoms with Crippen molar-refractivity contribution >= 4 is 5.82 Å². The fraction of sp³-hybridized carbons (Fsp3) is 0.625. The van der Waals surface area contributed by atoms with Crippen molar-refractivity contribution in [1.29, 1.82) is 0 Å². The van der Waals surface area contributed by atoms with Gasteiger partial charge in [0.05, 0.1) is 0 Å². The van der Waals surface area contributed by atoms with Crippen molar-refractivity contribution in [3.05, 3.63) is 20.8 Å². The fourth-order valence-electron chi connectivity index (χ4n) is 1.24. The van der Waals surface area contributed by atoms with Crippen molar-refractivity contribution in [3.63, 3.8) is 0 Å². The molecule has 0 aromatic carbocycles. The van der Waals surface area contributed by atoms with E-state index < -0.39 is 11.2 Å². The molecule has 1 rings (SSSR count). The molecule has 1 aromatic rings. The highest BCUT2D eigenvalue weighted by Gasteiger charge is 2.08. The standard InChI is InChI=1S/C8H15N5O2/c1-2-3-5(4-9)10-6-7(14)11-8(15)13-12-6/h5H,2-4,9H2,1H3,(H,10,12)(H2,11,13,14,15). The summed E-state index contributed by atoms with van der Waals surface area (Å²) >= 11 is 0. The van der Waals surface area contributed by atoms with Crippen LogP contribution in [0, 0.1) is 0 Å². The summed E-state index contributed by atoms with van der Waals surface area (Å²) in [6, 6.07) is -0.00509. The van der Waals surface area contributed by atoms with E-state index in [1.165, 1.54) is 0 Å². The third-order valence-corrected chi connectivity index (χ3v) is 1.97. The Morgan fingerprint density at radius 2 is 2.27 bits per heavy atom. The zero-order valence-electron chi connectivity index (χ0n) is 8.54. The summed E-state index contributed by atoms with van der Waals surface area (Å²) in [5.74, 6) is 0.0958. The maximum atomic E-state index is 11.3. The van der Waals surface area contributed by atoms with Crippen molar-refractivity contribution in [2.45, 2.75) is 25.8 Å². The van der Waals surface area contributed by atoms with Gasteiger partial charge in [0.25, 0.3) is 5.56 Å². The number of hydrogen-bond acceptors (Lipinski definition) is 5. The molecule has 0 aliphatic carbocycles. The second-order valence-corrected chi connectivity index (χ2v) is 3.22. The molecule has 0 aliphatic rings. The van der Waals surface area contributed by atoms with Gasteiger partial charge in [-0.3, -0.25) is 9.78 Å². The summed E-state index contributed by atoms with van der Waals surface area (Å²) in [5, 5.41) is 8.62. The molecule has 1 unspecified atom stereocenters. The van der Waals surface area contributed by atoms with E-state index in [-0.39, 0.29) is 11.9 Å².